The second-order valence-electron chi connectivity index (χ2n) is 5.53. The highest BCUT2D eigenvalue weighted by Gasteiger charge is 2.22. The number of hydrogen-bond acceptors (Lipinski definition) is 4. The topological polar surface area (TPSA) is 35.0 Å². The van der Waals surface area contributed by atoms with Crippen LogP contribution in [0.25, 0.3) is 10.2 Å². The van der Waals surface area contributed by atoms with Gasteiger partial charge in [0, 0.05) is 4.88 Å². The van der Waals surface area contributed by atoms with Crippen molar-refractivity contribution in [3.8, 4) is 11.6 Å². The molecule has 3 aromatic rings. The molecule has 0 amide bonds. The Morgan fingerprint density at radius 3 is 2.90 bits per heavy atom. The van der Waals surface area contributed by atoms with Gasteiger partial charge in [-0.2, -0.15) is 4.98 Å². The summed E-state index contributed by atoms with van der Waals surface area (Å²) >= 11 is 1.80. The summed E-state index contributed by atoms with van der Waals surface area (Å²) in [6.45, 7) is 3.99. The third-order valence-electron chi connectivity index (χ3n) is 3.85. The van der Waals surface area contributed by atoms with Crippen LogP contribution in [-0.2, 0) is 12.8 Å². The quantitative estimate of drug-likeness (QED) is 0.694. The van der Waals surface area contributed by atoms with Crippen molar-refractivity contribution in [1.29, 1.82) is 0 Å². The van der Waals surface area contributed by atoms with Crippen LogP contribution in [0.1, 0.15) is 28.2 Å². The Morgan fingerprint density at radius 1 is 1.14 bits per heavy atom. The monoisotopic (exact) mass is 296 g/mol. The predicted molar refractivity (Wildman–Crippen MR) is 85.4 cm³/mol. The van der Waals surface area contributed by atoms with Crippen LogP contribution in [0.3, 0.4) is 0 Å². The van der Waals surface area contributed by atoms with Gasteiger partial charge in [-0.3, -0.25) is 0 Å². The van der Waals surface area contributed by atoms with Crippen molar-refractivity contribution < 1.29 is 4.74 Å². The van der Waals surface area contributed by atoms with E-state index in [1.54, 1.807) is 11.3 Å². The Morgan fingerprint density at radius 2 is 2.05 bits per heavy atom. The van der Waals surface area contributed by atoms with Crippen molar-refractivity contribution in [3.05, 3.63) is 46.1 Å². The number of hydrogen-bond donors (Lipinski definition) is 0. The highest BCUT2D eigenvalue weighted by Crippen LogP contribution is 2.41. The lowest BCUT2D eigenvalue weighted by atomic mass is 10.2. The van der Waals surface area contributed by atoms with Gasteiger partial charge in [-0.1, -0.05) is 12.1 Å². The minimum absolute atomic E-state index is 0.711. The summed E-state index contributed by atoms with van der Waals surface area (Å²) in [6, 6.07) is 8.09. The van der Waals surface area contributed by atoms with E-state index < -0.39 is 0 Å². The van der Waals surface area contributed by atoms with Gasteiger partial charge >= 0.3 is 0 Å². The molecule has 1 aliphatic rings. The molecule has 0 unspecified atom stereocenters. The lowest BCUT2D eigenvalue weighted by Crippen LogP contribution is -1.95. The summed E-state index contributed by atoms with van der Waals surface area (Å²) in [5.41, 5.74) is 2.59. The lowest BCUT2D eigenvalue weighted by Gasteiger charge is -2.08. The van der Waals surface area contributed by atoms with E-state index in [9.17, 15) is 0 Å². The fourth-order valence-electron chi connectivity index (χ4n) is 2.93. The van der Waals surface area contributed by atoms with Crippen LogP contribution >= 0.6 is 11.3 Å². The van der Waals surface area contributed by atoms with Gasteiger partial charge < -0.3 is 4.74 Å². The maximum atomic E-state index is 6.09. The van der Waals surface area contributed by atoms with Gasteiger partial charge in [-0.15, -0.1) is 11.3 Å². The average molecular weight is 296 g/mol. The predicted octanol–water partition coefficient (Wildman–Crippen LogP) is 4.59. The van der Waals surface area contributed by atoms with Crippen LogP contribution in [0, 0.1) is 13.8 Å². The average Bonchev–Trinajstić information content (AvgIpc) is 2.98. The largest absolute Gasteiger partial charge is 0.438 e. The molecule has 21 heavy (non-hydrogen) atoms. The summed E-state index contributed by atoms with van der Waals surface area (Å²) in [4.78, 5) is 11.7. The maximum absolute atomic E-state index is 6.09. The summed E-state index contributed by atoms with van der Waals surface area (Å²) in [5, 5.41) is 1.12. The summed E-state index contributed by atoms with van der Waals surface area (Å²) in [7, 11) is 0. The molecule has 0 atom stereocenters. The van der Waals surface area contributed by atoms with E-state index in [-0.39, 0.29) is 0 Å². The molecule has 106 valence electrons. The van der Waals surface area contributed by atoms with Crippen molar-refractivity contribution in [2.45, 2.75) is 33.1 Å². The number of aryl methyl sites for hydroxylation is 4. The zero-order valence-corrected chi connectivity index (χ0v) is 13.0. The van der Waals surface area contributed by atoms with E-state index in [2.05, 4.69) is 23.0 Å². The van der Waals surface area contributed by atoms with Crippen molar-refractivity contribution in [2.75, 3.05) is 0 Å². The summed E-state index contributed by atoms with van der Waals surface area (Å²) in [6.07, 6.45) is 3.51. The van der Waals surface area contributed by atoms with Gasteiger partial charge in [0.15, 0.2) is 0 Å². The van der Waals surface area contributed by atoms with Crippen LogP contribution < -0.4 is 4.74 Å². The first-order valence-electron chi connectivity index (χ1n) is 7.24. The summed E-state index contributed by atoms with van der Waals surface area (Å²) < 4.78 is 6.09. The van der Waals surface area contributed by atoms with E-state index in [4.69, 9.17) is 4.74 Å². The second kappa shape index (κ2) is 4.81. The number of nitrogens with zero attached hydrogens (tertiary/aromatic N) is 2. The summed E-state index contributed by atoms with van der Waals surface area (Å²) in [5.74, 6) is 2.32. The minimum Gasteiger partial charge on any atom is -0.438 e. The third kappa shape index (κ3) is 2.20. The lowest BCUT2D eigenvalue weighted by molar-refractivity contribution is 0.466. The highest BCUT2D eigenvalue weighted by molar-refractivity contribution is 7.19. The second-order valence-corrected chi connectivity index (χ2v) is 6.62. The van der Waals surface area contributed by atoms with Crippen LogP contribution in [0.4, 0.5) is 0 Å². The first kappa shape index (κ1) is 12.8. The number of thiophene rings is 1. The Labute approximate surface area is 127 Å². The third-order valence-corrected chi connectivity index (χ3v) is 5.03. The van der Waals surface area contributed by atoms with Crippen LogP contribution in [0.15, 0.2) is 24.3 Å². The van der Waals surface area contributed by atoms with Gasteiger partial charge in [0.1, 0.15) is 16.4 Å². The number of aromatic nitrogens is 2. The standard InChI is InChI=1S/C17H16N2OS/c1-10-5-3-6-12(9-10)20-16-15-13-7-4-8-14(13)21-17(15)19-11(2)18-16/h3,5-6,9H,4,7-8H2,1-2H3. The molecule has 3 nitrogen and oxygen atoms in total. The van der Waals surface area contributed by atoms with Gasteiger partial charge in [0.2, 0.25) is 5.88 Å². The number of benzene rings is 1. The van der Waals surface area contributed by atoms with Gasteiger partial charge in [0.05, 0.1) is 5.39 Å². The zero-order valence-electron chi connectivity index (χ0n) is 12.1. The Bertz CT molecular complexity index is 838. The van der Waals surface area contributed by atoms with E-state index in [0.717, 1.165) is 28.2 Å². The molecule has 4 rings (SSSR count). The molecule has 1 aromatic carbocycles. The first-order valence-corrected chi connectivity index (χ1v) is 8.06. The van der Waals surface area contributed by atoms with Crippen molar-refractivity contribution in [1.82, 2.24) is 9.97 Å². The van der Waals surface area contributed by atoms with Crippen LogP contribution in [-0.4, -0.2) is 9.97 Å². The van der Waals surface area contributed by atoms with E-state index >= 15 is 0 Å². The molecule has 2 heterocycles. The normalized spacial score (nSPS) is 13.6. The highest BCUT2D eigenvalue weighted by atomic mass is 32.1. The number of rotatable bonds is 2. The van der Waals surface area contributed by atoms with Gasteiger partial charge in [0.25, 0.3) is 0 Å². The Hall–Kier alpha value is -1.94. The Kier molecular flexibility index (Phi) is 2.93. The van der Waals surface area contributed by atoms with Crippen LogP contribution in [0.5, 0.6) is 11.6 Å². The SMILES string of the molecule is Cc1cccc(Oc2nc(C)nc3sc4c(c23)CCC4)c1. The molecule has 0 saturated heterocycles. The molecule has 0 radical (unpaired) electrons. The van der Waals surface area contributed by atoms with E-state index in [1.807, 2.05) is 25.1 Å². The van der Waals surface area contributed by atoms with Crippen molar-refractivity contribution >= 4 is 21.6 Å². The minimum atomic E-state index is 0.711. The van der Waals surface area contributed by atoms with Gasteiger partial charge in [-0.05, 0) is 56.4 Å². The molecule has 0 N–H and O–H groups in total. The maximum Gasteiger partial charge on any atom is 0.231 e. The molecule has 0 spiro atoms. The fourth-order valence-corrected chi connectivity index (χ4v) is 4.23. The molecule has 0 fully saturated rings. The molecular formula is C17H16N2OS. The van der Waals surface area contributed by atoms with Gasteiger partial charge in [-0.25, -0.2) is 4.98 Å². The molecule has 2 aromatic heterocycles. The molecule has 0 saturated carbocycles. The number of ether oxygens (including phenoxy) is 1. The fraction of sp³-hybridized carbons (Fsp3) is 0.294. The van der Waals surface area contributed by atoms with Crippen molar-refractivity contribution in [3.63, 3.8) is 0 Å². The van der Waals surface area contributed by atoms with Crippen LogP contribution in [0.2, 0.25) is 0 Å². The van der Waals surface area contributed by atoms with E-state index in [1.165, 1.54) is 28.8 Å². The molecule has 0 bridgehead atoms. The molecular weight excluding hydrogens is 280 g/mol. The zero-order chi connectivity index (χ0) is 14.4. The smallest absolute Gasteiger partial charge is 0.231 e. The van der Waals surface area contributed by atoms with E-state index in [0.29, 0.717) is 5.88 Å². The van der Waals surface area contributed by atoms with Crippen molar-refractivity contribution in [2.24, 2.45) is 0 Å². The molecule has 4 heteroatoms. The molecule has 0 aliphatic heterocycles. The molecule has 1 aliphatic carbocycles. The first-order chi connectivity index (χ1) is 10.2. The Balaban J connectivity index is 1.87. The number of fused-ring (bicyclic) bond motifs is 3.